The van der Waals surface area contributed by atoms with Gasteiger partial charge in [0, 0.05) is 18.0 Å². The van der Waals surface area contributed by atoms with Crippen LogP contribution in [0, 0.1) is 11.8 Å². The standard InChI is InChI=1S/C7H7F2NO2S/c1-13(11)12-4-5-2-3-10-7(9)6(5)8/h2-3H,4H2,1H3. The predicted octanol–water partition coefficient (Wildman–Crippen LogP) is 1.17. The minimum atomic E-state index is -1.49. The monoisotopic (exact) mass is 207 g/mol. The Morgan fingerprint density at radius 3 is 2.92 bits per heavy atom. The van der Waals surface area contributed by atoms with E-state index in [1.165, 1.54) is 12.3 Å². The minimum Gasteiger partial charge on any atom is -0.286 e. The molecule has 0 fully saturated rings. The molecule has 72 valence electrons. The molecular weight excluding hydrogens is 200 g/mol. The lowest BCUT2D eigenvalue weighted by Gasteiger charge is -2.01. The zero-order valence-electron chi connectivity index (χ0n) is 6.79. The van der Waals surface area contributed by atoms with E-state index in [2.05, 4.69) is 9.17 Å². The molecular formula is C7H7F2NO2S. The van der Waals surface area contributed by atoms with Gasteiger partial charge in [-0.1, -0.05) is 0 Å². The summed E-state index contributed by atoms with van der Waals surface area (Å²) in [5, 5.41) is 0. The summed E-state index contributed by atoms with van der Waals surface area (Å²) in [4.78, 5) is 3.09. The van der Waals surface area contributed by atoms with Crippen molar-refractivity contribution in [3.05, 3.63) is 29.6 Å². The third-order valence-electron chi connectivity index (χ3n) is 1.31. The SMILES string of the molecule is CS(=O)OCc1ccnc(F)c1F. The van der Waals surface area contributed by atoms with E-state index in [4.69, 9.17) is 0 Å². The molecule has 0 bridgehead atoms. The van der Waals surface area contributed by atoms with Crippen LogP contribution >= 0.6 is 0 Å². The van der Waals surface area contributed by atoms with Crippen LogP contribution in [0.15, 0.2) is 12.3 Å². The molecule has 0 saturated heterocycles. The average molecular weight is 207 g/mol. The van der Waals surface area contributed by atoms with Crippen molar-refractivity contribution >= 4 is 11.1 Å². The van der Waals surface area contributed by atoms with Crippen molar-refractivity contribution in [1.82, 2.24) is 4.98 Å². The molecule has 0 aromatic carbocycles. The molecule has 1 rings (SSSR count). The second-order valence-electron chi connectivity index (χ2n) is 2.24. The van der Waals surface area contributed by atoms with Crippen LogP contribution in [0.3, 0.4) is 0 Å². The number of nitrogens with zero attached hydrogens (tertiary/aromatic N) is 1. The fraction of sp³-hybridized carbons (Fsp3) is 0.286. The predicted molar refractivity (Wildman–Crippen MR) is 43.0 cm³/mol. The molecule has 13 heavy (non-hydrogen) atoms. The molecule has 6 heteroatoms. The highest BCUT2D eigenvalue weighted by atomic mass is 32.2. The first kappa shape index (κ1) is 10.2. The van der Waals surface area contributed by atoms with E-state index < -0.39 is 22.8 Å². The molecule has 1 aromatic rings. The largest absolute Gasteiger partial charge is 0.286 e. The number of rotatable bonds is 3. The van der Waals surface area contributed by atoms with E-state index in [1.807, 2.05) is 0 Å². The van der Waals surface area contributed by atoms with Crippen molar-refractivity contribution in [3.63, 3.8) is 0 Å². The maximum absolute atomic E-state index is 12.8. The van der Waals surface area contributed by atoms with Crippen molar-refractivity contribution in [2.24, 2.45) is 0 Å². The van der Waals surface area contributed by atoms with Crippen LogP contribution in [0.25, 0.3) is 0 Å². The average Bonchev–Trinajstić information content (AvgIpc) is 2.07. The quantitative estimate of drug-likeness (QED) is 0.698. The Balaban J connectivity index is 2.77. The topological polar surface area (TPSA) is 39.2 Å². The van der Waals surface area contributed by atoms with Gasteiger partial charge in [0.05, 0.1) is 6.61 Å². The summed E-state index contributed by atoms with van der Waals surface area (Å²) in [6.07, 6.45) is 2.42. The summed E-state index contributed by atoms with van der Waals surface area (Å²) in [7, 11) is 0. The molecule has 0 saturated carbocycles. The van der Waals surface area contributed by atoms with Crippen LogP contribution in [0.4, 0.5) is 8.78 Å². The number of aromatic nitrogens is 1. The van der Waals surface area contributed by atoms with Crippen LogP contribution in [-0.2, 0) is 21.9 Å². The van der Waals surface area contributed by atoms with Crippen molar-refractivity contribution in [3.8, 4) is 0 Å². The summed E-state index contributed by atoms with van der Waals surface area (Å²) < 4.78 is 40.4. The minimum absolute atomic E-state index is 0.00250. The van der Waals surface area contributed by atoms with Gasteiger partial charge in [0.2, 0.25) is 5.95 Å². The van der Waals surface area contributed by atoms with Crippen LogP contribution in [0.1, 0.15) is 5.56 Å². The van der Waals surface area contributed by atoms with Gasteiger partial charge in [0.15, 0.2) is 16.9 Å². The van der Waals surface area contributed by atoms with Crippen LogP contribution < -0.4 is 0 Å². The summed E-state index contributed by atoms with van der Waals surface area (Å²) in [6.45, 7) is -0.228. The molecule has 1 heterocycles. The Hall–Kier alpha value is -0.880. The van der Waals surface area contributed by atoms with Gasteiger partial charge in [-0.2, -0.15) is 4.39 Å². The summed E-state index contributed by atoms with van der Waals surface area (Å²) in [6, 6.07) is 1.27. The maximum atomic E-state index is 12.8. The summed E-state index contributed by atoms with van der Waals surface area (Å²) in [5.74, 6) is -2.24. The first-order valence-corrected chi connectivity index (χ1v) is 4.85. The van der Waals surface area contributed by atoms with Gasteiger partial charge in [-0.3, -0.25) is 4.18 Å². The van der Waals surface area contributed by atoms with Gasteiger partial charge < -0.3 is 0 Å². The van der Waals surface area contributed by atoms with Gasteiger partial charge in [0.25, 0.3) is 0 Å². The van der Waals surface area contributed by atoms with Crippen molar-refractivity contribution < 1.29 is 17.2 Å². The summed E-state index contributed by atoms with van der Waals surface area (Å²) >= 11 is -1.49. The van der Waals surface area contributed by atoms with Gasteiger partial charge in [0.1, 0.15) is 0 Å². The number of pyridine rings is 1. The lowest BCUT2D eigenvalue weighted by atomic mass is 10.3. The van der Waals surface area contributed by atoms with Gasteiger partial charge in [-0.25, -0.2) is 13.6 Å². The highest BCUT2D eigenvalue weighted by Gasteiger charge is 2.09. The highest BCUT2D eigenvalue weighted by Crippen LogP contribution is 2.10. The van der Waals surface area contributed by atoms with Crippen LogP contribution in [0.2, 0.25) is 0 Å². The van der Waals surface area contributed by atoms with Crippen molar-refractivity contribution in [2.45, 2.75) is 6.61 Å². The second-order valence-corrected chi connectivity index (χ2v) is 3.28. The zero-order valence-corrected chi connectivity index (χ0v) is 7.61. The molecule has 0 aliphatic heterocycles. The Bertz CT molecular complexity index is 332. The summed E-state index contributed by atoms with van der Waals surface area (Å²) in [5.41, 5.74) is 0.00250. The molecule has 0 amide bonds. The molecule has 0 aliphatic carbocycles. The van der Waals surface area contributed by atoms with Gasteiger partial charge in [-0.05, 0) is 6.07 Å². The van der Waals surface area contributed by atoms with E-state index in [0.29, 0.717) is 0 Å². The Morgan fingerprint density at radius 2 is 2.31 bits per heavy atom. The normalized spacial score (nSPS) is 12.8. The van der Waals surface area contributed by atoms with E-state index in [-0.39, 0.29) is 12.2 Å². The van der Waals surface area contributed by atoms with E-state index >= 15 is 0 Å². The van der Waals surface area contributed by atoms with Crippen LogP contribution in [0.5, 0.6) is 0 Å². The Kier molecular flexibility index (Phi) is 3.44. The lowest BCUT2D eigenvalue weighted by molar-refractivity contribution is 0.327. The van der Waals surface area contributed by atoms with Gasteiger partial charge >= 0.3 is 0 Å². The number of halogens is 2. The first-order chi connectivity index (χ1) is 6.11. The zero-order chi connectivity index (χ0) is 9.84. The first-order valence-electron chi connectivity index (χ1n) is 3.37. The maximum Gasteiger partial charge on any atom is 0.249 e. The van der Waals surface area contributed by atoms with Crippen molar-refractivity contribution in [2.75, 3.05) is 6.26 Å². The lowest BCUT2D eigenvalue weighted by Crippen LogP contribution is -2.01. The van der Waals surface area contributed by atoms with Gasteiger partial charge in [-0.15, -0.1) is 0 Å². The van der Waals surface area contributed by atoms with E-state index in [1.54, 1.807) is 0 Å². The highest BCUT2D eigenvalue weighted by molar-refractivity contribution is 7.79. The molecule has 3 nitrogen and oxygen atoms in total. The second kappa shape index (κ2) is 4.38. The van der Waals surface area contributed by atoms with E-state index in [9.17, 15) is 13.0 Å². The molecule has 1 unspecified atom stereocenters. The van der Waals surface area contributed by atoms with Crippen LogP contribution in [-0.4, -0.2) is 15.4 Å². The molecule has 0 radical (unpaired) electrons. The number of hydrogen-bond acceptors (Lipinski definition) is 3. The third-order valence-corrected chi connectivity index (χ3v) is 1.76. The third kappa shape index (κ3) is 2.82. The Labute approximate surface area is 76.4 Å². The van der Waals surface area contributed by atoms with Crippen molar-refractivity contribution in [1.29, 1.82) is 0 Å². The molecule has 0 N–H and O–H groups in total. The smallest absolute Gasteiger partial charge is 0.249 e. The molecule has 0 aliphatic rings. The fourth-order valence-corrected chi connectivity index (χ4v) is 1.01. The fourth-order valence-electron chi connectivity index (χ4n) is 0.713. The Morgan fingerprint density at radius 1 is 1.62 bits per heavy atom. The molecule has 0 spiro atoms. The number of hydrogen-bond donors (Lipinski definition) is 0. The molecule has 1 aromatic heterocycles. The molecule has 1 atom stereocenters. The van der Waals surface area contributed by atoms with E-state index in [0.717, 1.165) is 6.20 Å².